The van der Waals surface area contributed by atoms with Crippen LogP contribution in [0.1, 0.15) is 29.1 Å². The lowest BCUT2D eigenvalue weighted by atomic mass is 9.95. The number of alkyl halides is 3. The van der Waals surface area contributed by atoms with E-state index in [1.165, 1.54) is 6.20 Å². The summed E-state index contributed by atoms with van der Waals surface area (Å²) in [6, 6.07) is 2.62. The number of halogens is 3. The molecule has 7 nitrogen and oxygen atoms in total. The fourth-order valence-corrected chi connectivity index (χ4v) is 4.20. The fraction of sp³-hybridized carbons (Fsp3) is 0.400. The number of fused-ring (bicyclic) bond motifs is 3. The van der Waals surface area contributed by atoms with Crippen molar-refractivity contribution in [1.82, 2.24) is 24.3 Å². The van der Waals surface area contributed by atoms with Gasteiger partial charge in [0.15, 0.2) is 0 Å². The molecule has 0 saturated carbocycles. The number of carbonyl (C=O) groups excluding carboxylic acids is 1. The molecule has 3 aromatic heterocycles. The van der Waals surface area contributed by atoms with Crippen molar-refractivity contribution in [3.05, 3.63) is 53.4 Å². The number of nitrogens with zero attached hydrogens (tertiary/aromatic N) is 6. The first-order valence-electron chi connectivity index (χ1n) is 9.67. The van der Waals surface area contributed by atoms with E-state index >= 15 is 0 Å². The van der Waals surface area contributed by atoms with Gasteiger partial charge in [-0.15, -0.1) is 0 Å². The minimum absolute atomic E-state index is 0.0502. The van der Waals surface area contributed by atoms with Gasteiger partial charge in [0.05, 0.1) is 12.2 Å². The number of aryl methyl sites for hydroxylation is 1. The van der Waals surface area contributed by atoms with Crippen molar-refractivity contribution in [2.24, 2.45) is 5.92 Å². The molecule has 5 heterocycles. The molecule has 10 heteroatoms. The monoisotopic (exact) mass is 416 g/mol. The molecule has 0 bridgehead atoms. The highest BCUT2D eigenvalue weighted by molar-refractivity contribution is 5.77. The SMILES string of the molecule is Cc1nc2nccn2c2c1CN(C(=O)CC1CN(c3ccnc(C(F)(F)F)c3)C1)C2. The van der Waals surface area contributed by atoms with Gasteiger partial charge in [0.25, 0.3) is 0 Å². The summed E-state index contributed by atoms with van der Waals surface area (Å²) in [4.78, 5) is 28.6. The zero-order valence-electron chi connectivity index (χ0n) is 16.2. The molecule has 0 spiro atoms. The van der Waals surface area contributed by atoms with Gasteiger partial charge in [-0.1, -0.05) is 0 Å². The standard InChI is InChI=1S/C20H19F3N6O/c1-12-15-10-28(11-16(15)29-5-4-25-19(29)26-12)18(30)6-13-8-27(9-13)14-2-3-24-17(7-14)20(21,22)23/h2-5,7,13H,6,8-11H2,1H3. The Kier molecular flexibility index (Phi) is 4.19. The number of aromatic nitrogens is 4. The molecule has 0 N–H and O–H groups in total. The molecule has 0 atom stereocenters. The van der Waals surface area contributed by atoms with E-state index in [1.807, 2.05) is 27.3 Å². The van der Waals surface area contributed by atoms with E-state index < -0.39 is 11.9 Å². The van der Waals surface area contributed by atoms with E-state index in [0.717, 1.165) is 23.0 Å². The third-order valence-corrected chi connectivity index (χ3v) is 5.83. The topological polar surface area (TPSA) is 66.6 Å². The maximum Gasteiger partial charge on any atom is 0.433 e. The van der Waals surface area contributed by atoms with Gasteiger partial charge >= 0.3 is 6.18 Å². The Morgan fingerprint density at radius 3 is 2.77 bits per heavy atom. The lowest BCUT2D eigenvalue weighted by Gasteiger charge is -2.41. The average molecular weight is 416 g/mol. The van der Waals surface area contributed by atoms with Crippen LogP contribution >= 0.6 is 0 Å². The summed E-state index contributed by atoms with van der Waals surface area (Å²) >= 11 is 0. The smallest absolute Gasteiger partial charge is 0.371 e. The predicted octanol–water partition coefficient (Wildman–Crippen LogP) is 2.82. The number of hydrogen-bond donors (Lipinski definition) is 0. The first kappa shape index (κ1) is 18.8. The molecule has 0 aromatic carbocycles. The predicted molar refractivity (Wildman–Crippen MR) is 102 cm³/mol. The normalized spacial score (nSPS) is 16.8. The molecule has 1 amide bonds. The van der Waals surface area contributed by atoms with Crippen LogP contribution in [0.15, 0.2) is 30.7 Å². The van der Waals surface area contributed by atoms with Gasteiger partial charge in [0.1, 0.15) is 5.69 Å². The second-order valence-corrected chi connectivity index (χ2v) is 7.84. The molecule has 2 aliphatic rings. The molecule has 2 aliphatic heterocycles. The van der Waals surface area contributed by atoms with Crippen LogP contribution in [0.5, 0.6) is 0 Å². The third kappa shape index (κ3) is 3.16. The van der Waals surface area contributed by atoms with E-state index in [2.05, 4.69) is 15.0 Å². The summed E-state index contributed by atoms with van der Waals surface area (Å²) in [5.41, 5.74) is 2.56. The summed E-state index contributed by atoms with van der Waals surface area (Å²) in [6.45, 7) is 4.08. The number of pyridine rings is 1. The van der Waals surface area contributed by atoms with Gasteiger partial charge in [0.2, 0.25) is 11.7 Å². The maximum absolute atomic E-state index is 12.9. The zero-order valence-corrected chi connectivity index (χ0v) is 16.2. The van der Waals surface area contributed by atoms with Gasteiger partial charge < -0.3 is 9.80 Å². The third-order valence-electron chi connectivity index (χ3n) is 5.83. The van der Waals surface area contributed by atoms with Crippen molar-refractivity contribution in [3.63, 3.8) is 0 Å². The van der Waals surface area contributed by atoms with E-state index in [9.17, 15) is 18.0 Å². The van der Waals surface area contributed by atoms with Crippen LogP contribution in [0.2, 0.25) is 0 Å². The van der Waals surface area contributed by atoms with Crippen molar-refractivity contribution in [2.45, 2.75) is 32.6 Å². The largest absolute Gasteiger partial charge is 0.433 e. The van der Waals surface area contributed by atoms with Crippen LogP contribution in [0.3, 0.4) is 0 Å². The number of imidazole rings is 1. The summed E-state index contributed by atoms with van der Waals surface area (Å²) in [6.07, 6.45) is 0.627. The summed E-state index contributed by atoms with van der Waals surface area (Å²) in [7, 11) is 0. The highest BCUT2D eigenvalue weighted by atomic mass is 19.4. The molecule has 0 unspecified atom stereocenters. The Balaban J connectivity index is 1.21. The van der Waals surface area contributed by atoms with E-state index in [-0.39, 0.29) is 11.8 Å². The van der Waals surface area contributed by atoms with Gasteiger partial charge in [-0.25, -0.2) is 9.97 Å². The van der Waals surface area contributed by atoms with Crippen molar-refractivity contribution >= 4 is 17.4 Å². The van der Waals surface area contributed by atoms with Crippen LogP contribution < -0.4 is 4.90 Å². The molecule has 30 heavy (non-hydrogen) atoms. The fourth-order valence-electron chi connectivity index (χ4n) is 4.20. The van der Waals surface area contributed by atoms with Crippen molar-refractivity contribution in [3.8, 4) is 0 Å². The highest BCUT2D eigenvalue weighted by Gasteiger charge is 2.36. The molecular weight excluding hydrogens is 397 g/mol. The Bertz CT molecular complexity index is 1140. The first-order valence-corrected chi connectivity index (χ1v) is 9.67. The van der Waals surface area contributed by atoms with E-state index in [0.29, 0.717) is 44.1 Å². The second kappa shape index (κ2) is 6.68. The molecule has 1 fully saturated rings. The van der Waals surface area contributed by atoms with Crippen molar-refractivity contribution in [2.75, 3.05) is 18.0 Å². The Morgan fingerprint density at radius 1 is 1.20 bits per heavy atom. The van der Waals surface area contributed by atoms with Crippen LogP contribution in [0.4, 0.5) is 18.9 Å². The molecular formula is C20H19F3N6O. The van der Waals surface area contributed by atoms with Gasteiger partial charge in [-0.05, 0) is 19.1 Å². The van der Waals surface area contributed by atoms with Gasteiger partial charge in [-0.2, -0.15) is 13.2 Å². The quantitative estimate of drug-likeness (QED) is 0.657. The number of hydrogen-bond acceptors (Lipinski definition) is 5. The van der Waals surface area contributed by atoms with E-state index in [4.69, 9.17) is 0 Å². The second-order valence-electron chi connectivity index (χ2n) is 7.84. The van der Waals surface area contributed by atoms with Crippen LogP contribution in [-0.2, 0) is 24.1 Å². The van der Waals surface area contributed by atoms with Crippen LogP contribution in [-0.4, -0.2) is 43.2 Å². The average Bonchev–Trinajstić information content (AvgIpc) is 3.30. The molecule has 3 aromatic rings. The molecule has 1 saturated heterocycles. The van der Waals surface area contributed by atoms with Crippen molar-refractivity contribution in [1.29, 1.82) is 0 Å². The minimum Gasteiger partial charge on any atom is -0.371 e. The summed E-state index contributed by atoms with van der Waals surface area (Å²) in [5, 5.41) is 0. The lowest BCUT2D eigenvalue weighted by Crippen LogP contribution is -2.48. The van der Waals surface area contributed by atoms with Crippen LogP contribution in [0, 0.1) is 12.8 Å². The Morgan fingerprint density at radius 2 is 2.00 bits per heavy atom. The Labute approximate surface area is 170 Å². The first-order chi connectivity index (χ1) is 14.3. The molecule has 0 aliphatic carbocycles. The number of amides is 1. The number of rotatable bonds is 3. The zero-order chi connectivity index (χ0) is 21.0. The highest BCUT2D eigenvalue weighted by Crippen LogP contribution is 2.33. The molecule has 156 valence electrons. The van der Waals surface area contributed by atoms with Gasteiger partial charge in [0, 0.05) is 67.5 Å². The van der Waals surface area contributed by atoms with E-state index in [1.54, 1.807) is 12.3 Å². The van der Waals surface area contributed by atoms with Crippen molar-refractivity contribution < 1.29 is 18.0 Å². The number of anilines is 1. The molecule has 0 radical (unpaired) electrons. The van der Waals surface area contributed by atoms with Crippen LogP contribution in [0.25, 0.3) is 5.78 Å². The minimum atomic E-state index is -4.46. The lowest BCUT2D eigenvalue weighted by molar-refractivity contribution is -0.141. The molecule has 5 rings (SSSR count). The summed E-state index contributed by atoms with van der Waals surface area (Å²) in [5.74, 6) is 0.802. The maximum atomic E-state index is 12.9. The Hall–Kier alpha value is -3.17. The summed E-state index contributed by atoms with van der Waals surface area (Å²) < 4.78 is 40.5. The number of carbonyl (C=O) groups is 1. The van der Waals surface area contributed by atoms with Gasteiger partial charge in [-0.3, -0.25) is 14.2 Å².